The predicted octanol–water partition coefficient (Wildman–Crippen LogP) is 1.40. The molecule has 0 saturated heterocycles. The topological polar surface area (TPSA) is 102 Å². The van der Waals surface area contributed by atoms with Crippen molar-refractivity contribution in [1.29, 1.82) is 0 Å². The van der Waals surface area contributed by atoms with Gasteiger partial charge in [0.25, 0.3) is 10.3 Å². The highest BCUT2D eigenvalue weighted by molar-refractivity contribution is 7.80. The Hall–Kier alpha value is -0.660. The highest BCUT2D eigenvalue weighted by Crippen LogP contribution is 1.92. The van der Waals surface area contributed by atoms with Crippen LogP contribution in [0.25, 0.3) is 0 Å². The van der Waals surface area contributed by atoms with Crippen molar-refractivity contribution in [2.75, 3.05) is 6.61 Å². The average Bonchev–Trinajstić information content (AvgIpc) is 2.02. The van der Waals surface area contributed by atoms with Crippen molar-refractivity contribution in [1.82, 2.24) is 0 Å². The molecule has 5 nitrogen and oxygen atoms in total. The van der Waals surface area contributed by atoms with Crippen LogP contribution in [-0.4, -0.2) is 33.3 Å². The van der Waals surface area contributed by atoms with Gasteiger partial charge in [-0.3, -0.25) is 0 Å². The first-order valence-electron chi connectivity index (χ1n) is 4.36. The molecule has 7 heteroatoms. The zero-order valence-electron chi connectivity index (χ0n) is 9.27. The Labute approximate surface area is 101 Å². The fourth-order valence-corrected chi connectivity index (χ4v) is 0.402. The van der Waals surface area contributed by atoms with Gasteiger partial charge in [0.2, 0.25) is 0 Å². The third-order valence-electron chi connectivity index (χ3n) is 1.03. The Bertz CT molecular complexity index is 148. The predicted molar refractivity (Wildman–Crippen MR) is 70.2 cm³/mol. The van der Waals surface area contributed by atoms with Gasteiger partial charge in [0, 0.05) is 6.61 Å². The van der Waals surface area contributed by atoms with Gasteiger partial charge in [-0.15, -0.1) is 0 Å². The number of rotatable bonds is 3. The van der Waals surface area contributed by atoms with E-state index in [1.807, 2.05) is 6.92 Å². The molecule has 0 aliphatic rings. The van der Waals surface area contributed by atoms with Crippen LogP contribution >= 0.6 is 24.4 Å². The maximum Gasteiger partial charge on any atom is 0.251 e. The van der Waals surface area contributed by atoms with Gasteiger partial charge in [-0.05, 0) is 44.7 Å². The lowest BCUT2D eigenvalue weighted by atomic mass is 10.3. The lowest BCUT2D eigenvalue weighted by Gasteiger charge is -2.05. The number of hydrogen-bond donors (Lipinski definition) is 4. The van der Waals surface area contributed by atoms with Gasteiger partial charge in [0.15, 0.2) is 0 Å². The van der Waals surface area contributed by atoms with Crippen molar-refractivity contribution >= 4 is 34.8 Å². The van der Waals surface area contributed by atoms with Crippen LogP contribution in [-0.2, 0) is 4.74 Å². The molecule has 0 rings (SSSR count). The molecule has 0 heterocycles. The molecular formula is C8H20N2O3S2. The number of aliphatic hydroxyl groups is 2. The van der Waals surface area contributed by atoms with E-state index >= 15 is 0 Å². The van der Waals surface area contributed by atoms with Crippen LogP contribution in [0, 0.1) is 0 Å². The van der Waals surface area contributed by atoms with Gasteiger partial charge < -0.3 is 26.4 Å². The Morgan fingerprint density at radius 1 is 1.20 bits per heavy atom. The lowest BCUT2D eigenvalue weighted by molar-refractivity contribution is 0.0739. The van der Waals surface area contributed by atoms with E-state index in [0.29, 0.717) is 6.10 Å². The summed E-state index contributed by atoms with van der Waals surface area (Å²) in [5.41, 5.74) is 8.80. The largest absolute Gasteiger partial charge is 0.487 e. The third-order valence-corrected chi connectivity index (χ3v) is 1.03. The van der Waals surface area contributed by atoms with Crippen LogP contribution in [0.4, 0.5) is 0 Å². The SMILES string of the molecule is CCOC(C)CC.NC(O)=S.NC(O)=S. The van der Waals surface area contributed by atoms with E-state index < -0.39 is 10.3 Å². The standard InChI is InChI=1S/C6H14O.2CH3NOS/c1-4-6(3)7-5-2;2*2-1(3)4/h6H,4-5H2,1-3H3;2*(H3,2,3,4). The number of nitrogens with two attached hydrogens (primary N) is 2. The Morgan fingerprint density at radius 3 is 1.53 bits per heavy atom. The maximum absolute atomic E-state index is 7.56. The van der Waals surface area contributed by atoms with E-state index in [2.05, 4.69) is 49.8 Å². The molecule has 0 amide bonds. The summed E-state index contributed by atoms with van der Waals surface area (Å²) in [7, 11) is 0. The summed E-state index contributed by atoms with van der Waals surface area (Å²) in [4.78, 5) is 0. The molecule has 1 unspecified atom stereocenters. The van der Waals surface area contributed by atoms with Crippen LogP contribution in [0.5, 0.6) is 0 Å². The molecule has 92 valence electrons. The van der Waals surface area contributed by atoms with Gasteiger partial charge >= 0.3 is 0 Å². The van der Waals surface area contributed by atoms with Crippen molar-refractivity contribution in [2.45, 2.75) is 33.3 Å². The number of hydrogen-bond acceptors (Lipinski definition) is 3. The fourth-order valence-electron chi connectivity index (χ4n) is 0.402. The number of thiocarbonyl (C=S) groups is 2. The van der Waals surface area contributed by atoms with Crippen LogP contribution in [0.3, 0.4) is 0 Å². The normalized spacial score (nSPS) is 9.80. The molecule has 0 aliphatic heterocycles. The highest BCUT2D eigenvalue weighted by Gasteiger charge is 1.91. The van der Waals surface area contributed by atoms with Crippen LogP contribution in [0.2, 0.25) is 0 Å². The molecule has 0 bridgehead atoms. The Morgan fingerprint density at radius 2 is 1.47 bits per heavy atom. The molecule has 0 aromatic heterocycles. The van der Waals surface area contributed by atoms with Crippen molar-refractivity contribution in [3.63, 3.8) is 0 Å². The zero-order valence-corrected chi connectivity index (χ0v) is 10.9. The quantitative estimate of drug-likeness (QED) is 0.566. The minimum atomic E-state index is -0.500. The van der Waals surface area contributed by atoms with E-state index in [9.17, 15) is 0 Å². The molecule has 0 fully saturated rings. The van der Waals surface area contributed by atoms with Crippen LogP contribution in [0.1, 0.15) is 27.2 Å². The minimum Gasteiger partial charge on any atom is -0.487 e. The van der Waals surface area contributed by atoms with Crippen molar-refractivity contribution in [3.8, 4) is 0 Å². The molecule has 0 aliphatic carbocycles. The maximum atomic E-state index is 7.56. The second kappa shape index (κ2) is 15.8. The van der Waals surface area contributed by atoms with E-state index in [1.54, 1.807) is 0 Å². The molecule has 1 atom stereocenters. The van der Waals surface area contributed by atoms with Crippen molar-refractivity contribution in [2.24, 2.45) is 11.5 Å². The van der Waals surface area contributed by atoms with Crippen LogP contribution in [0.15, 0.2) is 0 Å². The summed E-state index contributed by atoms with van der Waals surface area (Å²) in [5.74, 6) is 0. The molecule has 0 aromatic rings. The third kappa shape index (κ3) is 91.1. The minimum absolute atomic E-state index is 0.449. The van der Waals surface area contributed by atoms with Crippen molar-refractivity contribution in [3.05, 3.63) is 0 Å². The molecule has 0 saturated carbocycles. The fraction of sp³-hybridized carbons (Fsp3) is 0.750. The van der Waals surface area contributed by atoms with Gasteiger partial charge in [0.1, 0.15) is 0 Å². The summed E-state index contributed by atoms with van der Waals surface area (Å²) in [6, 6.07) is 0. The van der Waals surface area contributed by atoms with Gasteiger partial charge in [-0.2, -0.15) is 0 Å². The van der Waals surface area contributed by atoms with E-state index in [4.69, 9.17) is 14.9 Å². The average molecular weight is 256 g/mol. The second-order valence-electron chi connectivity index (χ2n) is 2.35. The summed E-state index contributed by atoms with van der Waals surface area (Å²) in [6.45, 7) is 7.07. The smallest absolute Gasteiger partial charge is 0.251 e. The monoisotopic (exact) mass is 256 g/mol. The van der Waals surface area contributed by atoms with E-state index in [-0.39, 0.29) is 0 Å². The lowest BCUT2D eigenvalue weighted by Crippen LogP contribution is -2.04. The highest BCUT2D eigenvalue weighted by atomic mass is 32.1. The van der Waals surface area contributed by atoms with Gasteiger partial charge in [0.05, 0.1) is 6.10 Å². The van der Waals surface area contributed by atoms with Gasteiger partial charge in [-0.25, -0.2) is 0 Å². The summed E-state index contributed by atoms with van der Waals surface area (Å²) in [6.07, 6.45) is 1.57. The first-order valence-corrected chi connectivity index (χ1v) is 5.17. The molecule has 0 radical (unpaired) electrons. The van der Waals surface area contributed by atoms with E-state index in [0.717, 1.165) is 13.0 Å². The van der Waals surface area contributed by atoms with E-state index in [1.165, 1.54) is 0 Å². The van der Waals surface area contributed by atoms with Crippen molar-refractivity contribution < 1.29 is 14.9 Å². The first kappa shape index (κ1) is 19.8. The summed E-state index contributed by atoms with van der Waals surface area (Å²) >= 11 is 7.74. The summed E-state index contributed by atoms with van der Waals surface area (Å²) < 4.78 is 5.19. The van der Waals surface area contributed by atoms with Crippen LogP contribution < -0.4 is 11.5 Å². The summed E-state index contributed by atoms with van der Waals surface area (Å²) in [5, 5.41) is 14.1. The first-order chi connectivity index (χ1) is 6.77. The number of ether oxygens (including phenoxy) is 1. The molecule has 6 N–H and O–H groups in total. The second-order valence-corrected chi connectivity index (χ2v) is 3.19. The molecular weight excluding hydrogens is 236 g/mol. The number of aliphatic hydroxyl groups excluding tert-OH is 2. The molecule has 15 heavy (non-hydrogen) atoms. The molecule has 0 spiro atoms. The Kier molecular flexibility index (Phi) is 20.9. The van der Waals surface area contributed by atoms with Gasteiger partial charge in [-0.1, -0.05) is 6.92 Å². The molecule has 0 aromatic carbocycles. The zero-order chi connectivity index (χ0) is 12.9. The Balaban J connectivity index is -0.000000155.